The average molecular weight is 326 g/mol. The van der Waals surface area contributed by atoms with Crippen LogP contribution in [0.25, 0.3) is 0 Å². The highest BCUT2D eigenvalue weighted by atomic mass is 14.5. The normalized spacial score (nSPS) is 41.2. The second-order valence-electron chi connectivity index (χ2n) is 8.81. The molecule has 3 aliphatic rings. The summed E-state index contributed by atoms with van der Waals surface area (Å²) in [5.74, 6) is 4.50. The van der Waals surface area contributed by atoms with Crippen LogP contribution in [0.15, 0.2) is 23.3 Å². The number of hydrogen-bond donors (Lipinski definition) is 0. The summed E-state index contributed by atoms with van der Waals surface area (Å²) >= 11 is 0. The minimum atomic E-state index is 0.240. The predicted octanol–water partition coefficient (Wildman–Crippen LogP) is 6.67. The summed E-state index contributed by atoms with van der Waals surface area (Å²) in [4.78, 5) is 0. The van der Waals surface area contributed by atoms with Gasteiger partial charge in [-0.05, 0) is 81.0 Å². The molecule has 0 heterocycles. The highest BCUT2D eigenvalue weighted by molar-refractivity contribution is 5.24. The van der Waals surface area contributed by atoms with Crippen molar-refractivity contribution in [2.24, 2.45) is 35.5 Å². The Hall–Kier alpha value is -1.03. The van der Waals surface area contributed by atoms with Crippen molar-refractivity contribution in [2.75, 3.05) is 0 Å². The first kappa shape index (κ1) is 17.8. The Morgan fingerprint density at radius 1 is 1.17 bits per heavy atom. The average Bonchev–Trinajstić information content (AvgIpc) is 3.05. The molecule has 0 amide bonds. The third-order valence-electron chi connectivity index (χ3n) is 7.52. The topological polar surface area (TPSA) is 23.8 Å². The minimum Gasteiger partial charge on any atom is -0.198 e. The maximum absolute atomic E-state index is 9.33. The summed E-state index contributed by atoms with van der Waals surface area (Å²) in [7, 11) is 0. The maximum atomic E-state index is 9.33. The molecule has 0 saturated heterocycles. The van der Waals surface area contributed by atoms with E-state index in [-0.39, 0.29) is 5.92 Å². The lowest BCUT2D eigenvalue weighted by molar-refractivity contribution is 0.214. The molecular weight excluding hydrogens is 290 g/mol. The van der Waals surface area contributed by atoms with Crippen molar-refractivity contribution in [3.63, 3.8) is 0 Å². The number of nitrogens with zero attached hydrogens (tertiary/aromatic N) is 1. The summed E-state index contributed by atoms with van der Waals surface area (Å²) in [5, 5.41) is 9.33. The summed E-state index contributed by atoms with van der Waals surface area (Å²) in [5.41, 5.74) is 3.25. The third kappa shape index (κ3) is 3.63. The second-order valence-corrected chi connectivity index (χ2v) is 8.81. The van der Waals surface area contributed by atoms with Crippen LogP contribution in [-0.4, -0.2) is 0 Å². The minimum absolute atomic E-state index is 0.240. The van der Waals surface area contributed by atoms with Crippen molar-refractivity contribution in [1.82, 2.24) is 0 Å². The number of rotatable bonds is 3. The highest BCUT2D eigenvalue weighted by Crippen LogP contribution is 2.51. The molecule has 3 rings (SSSR count). The van der Waals surface area contributed by atoms with Gasteiger partial charge in [-0.15, -0.1) is 0 Å². The quantitative estimate of drug-likeness (QED) is 0.568. The van der Waals surface area contributed by atoms with Crippen molar-refractivity contribution in [1.29, 1.82) is 5.26 Å². The molecule has 0 aromatic heterocycles. The predicted molar refractivity (Wildman–Crippen MR) is 101 cm³/mol. The molecule has 6 atom stereocenters. The van der Waals surface area contributed by atoms with E-state index in [1.165, 1.54) is 56.9 Å². The summed E-state index contributed by atoms with van der Waals surface area (Å²) < 4.78 is 0. The van der Waals surface area contributed by atoms with E-state index < -0.39 is 0 Å². The maximum Gasteiger partial charge on any atom is 0.0661 e. The zero-order chi connectivity index (χ0) is 17.1. The van der Waals surface area contributed by atoms with E-state index in [2.05, 4.69) is 39.0 Å². The molecular formula is C23H35N. The summed E-state index contributed by atoms with van der Waals surface area (Å²) in [6.07, 6.45) is 16.7. The Bertz CT molecular complexity index is 535. The van der Waals surface area contributed by atoms with E-state index in [9.17, 15) is 5.26 Å². The molecule has 1 heteroatoms. The van der Waals surface area contributed by atoms with Crippen LogP contribution < -0.4 is 0 Å². The first-order valence-corrected chi connectivity index (χ1v) is 10.4. The molecule has 0 aromatic carbocycles. The van der Waals surface area contributed by atoms with Gasteiger partial charge in [0.15, 0.2) is 0 Å². The Morgan fingerprint density at radius 2 is 2.00 bits per heavy atom. The molecule has 0 radical (unpaired) electrons. The van der Waals surface area contributed by atoms with Gasteiger partial charge in [0, 0.05) is 0 Å². The van der Waals surface area contributed by atoms with Gasteiger partial charge in [0.2, 0.25) is 0 Å². The number of fused-ring (bicyclic) bond motifs is 1. The first-order chi connectivity index (χ1) is 11.6. The fraction of sp³-hybridized carbons (Fsp3) is 0.783. The molecule has 3 saturated carbocycles. The fourth-order valence-electron chi connectivity index (χ4n) is 5.67. The van der Waals surface area contributed by atoms with E-state index in [1.54, 1.807) is 5.57 Å². The van der Waals surface area contributed by atoms with Gasteiger partial charge < -0.3 is 0 Å². The Kier molecular flexibility index (Phi) is 5.85. The molecule has 3 aliphatic carbocycles. The van der Waals surface area contributed by atoms with Crippen LogP contribution in [-0.2, 0) is 0 Å². The summed E-state index contributed by atoms with van der Waals surface area (Å²) in [6, 6.07) is 2.52. The second kappa shape index (κ2) is 7.90. The van der Waals surface area contributed by atoms with Gasteiger partial charge in [0.05, 0.1) is 12.0 Å². The van der Waals surface area contributed by atoms with Crippen LogP contribution in [0.5, 0.6) is 0 Å². The lowest BCUT2D eigenvalue weighted by atomic mass is 9.71. The zero-order valence-corrected chi connectivity index (χ0v) is 15.9. The third-order valence-corrected chi connectivity index (χ3v) is 7.52. The number of hydrogen-bond acceptors (Lipinski definition) is 1. The van der Waals surface area contributed by atoms with E-state index >= 15 is 0 Å². The highest BCUT2D eigenvalue weighted by Gasteiger charge is 2.41. The fourth-order valence-corrected chi connectivity index (χ4v) is 5.67. The molecule has 0 spiro atoms. The first-order valence-electron chi connectivity index (χ1n) is 10.4. The summed E-state index contributed by atoms with van der Waals surface area (Å²) in [6.45, 7) is 7.07. The van der Waals surface area contributed by atoms with Crippen LogP contribution in [0, 0.1) is 46.8 Å². The number of allylic oxidation sites excluding steroid dienone is 4. The molecule has 0 bridgehead atoms. The monoisotopic (exact) mass is 325 g/mol. The molecule has 6 unspecified atom stereocenters. The van der Waals surface area contributed by atoms with Crippen LogP contribution in [0.2, 0.25) is 0 Å². The van der Waals surface area contributed by atoms with Crippen molar-refractivity contribution in [2.45, 2.75) is 78.6 Å². The molecule has 3 fully saturated rings. The lowest BCUT2D eigenvalue weighted by Gasteiger charge is -2.34. The van der Waals surface area contributed by atoms with Gasteiger partial charge >= 0.3 is 0 Å². The van der Waals surface area contributed by atoms with Gasteiger partial charge in [-0.2, -0.15) is 5.26 Å². The van der Waals surface area contributed by atoms with Crippen LogP contribution in [0.1, 0.15) is 78.6 Å². The molecule has 0 N–H and O–H groups in total. The Labute approximate surface area is 149 Å². The standard InChI is InChI=1S/C23H35N/c1-4-16(2)21-12-13-22-19(6-5-7-23(21)22)11-10-18-9-8-17(3)20(14-18)15-24/h10-11,16-17,20-23H,4-9,12-14H2,1-3H3/b18-10-,19-11+. The van der Waals surface area contributed by atoms with E-state index in [1.807, 2.05) is 0 Å². The van der Waals surface area contributed by atoms with Crippen molar-refractivity contribution >= 4 is 0 Å². The lowest BCUT2D eigenvalue weighted by Crippen LogP contribution is -2.24. The van der Waals surface area contributed by atoms with E-state index in [0.717, 1.165) is 30.1 Å². The van der Waals surface area contributed by atoms with Crippen LogP contribution >= 0.6 is 0 Å². The molecule has 132 valence electrons. The SMILES string of the molecule is CCC(C)C1CCC2/C(=C/C=C3/CCC(C)C(C#N)C3)CCCC21. The molecule has 1 nitrogen and oxygen atoms in total. The largest absolute Gasteiger partial charge is 0.198 e. The van der Waals surface area contributed by atoms with Crippen molar-refractivity contribution < 1.29 is 0 Å². The van der Waals surface area contributed by atoms with Gasteiger partial charge in [-0.25, -0.2) is 0 Å². The van der Waals surface area contributed by atoms with Gasteiger partial charge in [0.1, 0.15) is 0 Å². The van der Waals surface area contributed by atoms with Crippen LogP contribution in [0.3, 0.4) is 0 Å². The van der Waals surface area contributed by atoms with Gasteiger partial charge in [-0.3, -0.25) is 0 Å². The van der Waals surface area contributed by atoms with E-state index in [4.69, 9.17) is 0 Å². The smallest absolute Gasteiger partial charge is 0.0661 e. The molecule has 24 heavy (non-hydrogen) atoms. The molecule has 0 aromatic rings. The van der Waals surface area contributed by atoms with Crippen molar-refractivity contribution in [3.8, 4) is 6.07 Å². The van der Waals surface area contributed by atoms with Crippen molar-refractivity contribution in [3.05, 3.63) is 23.3 Å². The van der Waals surface area contributed by atoms with Gasteiger partial charge in [0.25, 0.3) is 0 Å². The Morgan fingerprint density at radius 3 is 2.75 bits per heavy atom. The Balaban J connectivity index is 1.70. The van der Waals surface area contributed by atoms with Crippen LogP contribution in [0.4, 0.5) is 0 Å². The van der Waals surface area contributed by atoms with E-state index in [0.29, 0.717) is 5.92 Å². The zero-order valence-electron chi connectivity index (χ0n) is 15.9. The van der Waals surface area contributed by atoms with Gasteiger partial charge in [-0.1, -0.05) is 50.5 Å². The number of nitriles is 1. The molecule has 0 aliphatic heterocycles.